The Hall–Kier alpha value is -8.95. The summed E-state index contributed by atoms with van der Waals surface area (Å²) in [5, 5.41) is 49.6. The number of aromatic amines is 1. The molecule has 0 bridgehead atoms. The average molecular weight is 1580 g/mol. The average Bonchev–Trinajstić information content (AvgIpc) is 0.953. The van der Waals surface area contributed by atoms with Crippen LogP contribution in [0, 0.1) is 46.4 Å². The van der Waals surface area contributed by atoms with E-state index in [2.05, 4.69) is 45.9 Å². The first-order valence-corrected chi connectivity index (χ1v) is 36.0. The highest BCUT2D eigenvalue weighted by Gasteiger charge is 2.23. The number of anilines is 5. The van der Waals surface area contributed by atoms with Crippen molar-refractivity contribution < 1.29 is 71.6 Å². The first kappa shape index (κ1) is 90.3. The Balaban J connectivity index is 0.000000330. The molecule has 4 saturated heterocycles. The number of aliphatic hydroxyl groups is 1. The zero-order valence-corrected chi connectivity index (χ0v) is 63.7. The molecule has 36 heteroatoms. The SMILES string of the molecule is C1CCNC1.CO.COc1cc(F)c([N+](=O)[O-])cc1OCCCCl.COc1cc(N)c(N)cc1OCCCN1CCCC1.COc1cc(N)c([N+](=O)[O-])cc1OCCCCl.COc1cc(N)c([N+](=O)[O-])cc1OCCCN1CCCC1.COc1cc2nc(N)[nH]c2cc1OCCCN1CCCC1.N#CBr. The maximum absolute atomic E-state index is 13.3. The number of rotatable bonds is 31. The summed E-state index contributed by atoms with van der Waals surface area (Å²) in [6.07, 6.45) is 14.7. The van der Waals surface area contributed by atoms with Crippen molar-refractivity contribution >= 4 is 95.9 Å². The molecule has 0 saturated carbocycles. The zero-order valence-electron chi connectivity index (χ0n) is 60.6. The van der Waals surface area contributed by atoms with Crippen molar-refractivity contribution in [1.29, 1.82) is 5.26 Å². The van der Waals surface area contributed by atoms with Gasteiger partial charge in [-0.1, -0.05) is 0 Å². The summed E-state index contributed by atoms with van der Waals surface area (Å²) in [4.78, 5) is 46.4. The maximum atomic E-state index is 13.3. The smallest absolute Gasteiger partial charge is 0.308 e. The van der Waals surface area contributed by atoms with Crippen molar-refractivity contribution in [3.63, 3.8) is 0 Å². The molecule has 105 heavy (non-hydrogen) atoms. The highest BCUT2D eigenvalue weighted by Crippen LogP contribution is 2.39. The van der Waals surface area contributed by atoms with Crippen LogP contribution in [0.5, 0.6) is 57.5 Å². The minimum absolute atomic E-state index is 0.0385. The Morgan fingerprint density at radius 3 is 1.10 bits per heavy atom. The number of imidazole rings is 1. The number of nitrogens with zero attached hydrogens (tertiary/aromatic N) is 8. The molecular weight excluding hydrogens is 1480 g/mol. The second-order valence-corrected chi connectivity index (χ2v) is 24.3. The van der Waals surface area contributed by atoms with Gasteiger partial charge >= 0.3 is 5.69 Å². The predicted molar refractivity (Wildman–Crippen MR) is 410 cm³/mol. The number of H-pyrrole nitrogens is 1. The molecule has 5 heterocycles. The quantitative estimate of drug-likeness (QED) is 0.00659. The third-order valence-corrected chi connectivity index (χ3v) is 16.4. The van der Waals surface area contributed by atoms with Gasteiger partial charge in [-0.15, -0.1) is 23.2 Å². The van der Waals surface area contributed by atoms with Gasteiger partial charge in [0.25, 0.3) is 11.4 Å². The van der Waals surface area contributed by atoms with Gasteiger partial charge in [0.1, 0.15) is 16.4 Å². The Labute approximate surface area is 630 Å². The van der Waals surface area contributed by atoms with Gasteiger partial charge in [-0.25, -0.2) is 4.98 Å². The number of likely N-dealkylation sites (tertiary alicyclic amines) is 3. The zero-order chi connectivity index (χ0) is 77.5. The molecule has 4 fully saturated rings. The number of hydrogen-bond acceptors (Lipinski definition) is 28. The number of halogens is 4. The normalized spacial score (nSPS) is 13.5. The van der Waals surface area contributed by atoms with Gasteiger partial charge in [0, 0.05) is 96.9 Å². The minimum atomic E-state index is -0.962. The number of nitro groups is 3. The van der Waals surface area contributed by atoms with Crippen molar-refractivity contribution in [3.05, 3.63) is 96.8 Å². The molecule has 10 rings (SSSR count). The molecule has 0 spiro atoms. The van der Waals surface area contributed by atoms with Gasteiger partial charge in [-0.2, -0.15) is 9.65 Å². The lowest BCUT2D eigenvalue weighted by Crippen LogP contribution is -2.22. The summed E-state index contributed by atoms with van der Waals surface area (Å²) in [5.41, 5.74) is 30.1. The van der Waals surface area contributed by atoms with E-state index in [1.54, 1.807) is 31.3 Å². The molecule has 4 aliphatic rings. The van der Waals surface area contributed by atoms with Crippen molar-refractivity contribution in [1.82, 2.24) is 30.0 Å². The van der Waals surface area contributed by atoms with E-state index < -0.39 is 26.3 Å². The van der Waals surface area contributed by atoms with Gasteiger partial charge < -0.3 is 106 Å². The third-order valence-electron chi connectivity index (χ3n) is 15.9. The van der Waals surface area contributed by atoms with E-state index in [0.29, 0.717) is 109 Å². The van der Waals surface area contributed by atoms with E-state index in [1.165, 1.54) is 136 Å². The third kappa shape index (κ3) is 32.9. The summed E-state index contributed by atoms with van der Waals surface area (Å²) in [5.74, 6) is 4.70. The lowest BCUT2D eigenvalue weighted by atomic mass is 10.2. The number of hydrogen-bond donors (Lipinski definition) is 8. The topological polar surface area (TPSA) is 446 Å². The van der Waals surface area contributed by atoms with Crippen LogP contribution in [0.1, 0.15) is 83.5 Å². The molecule has 0 atom stereocenters. The summed E-state index contributed by atoms with van der Waals surface area (Å²) in [7, 11) is 8.48. The first-order chi connectivity index (χ1) is 50.7. The van der Waals surface area contributed by atoms with Crippen LogP contribution < -0.4 is 81.4 Å². The molecule has 1 aromatic heterocycles. The van der Waals surface area contributed by atoms with Gasteiger partial charge in [0.05, 0.1) is 124 Å². The fourth-order valence-electron chi connectivity index (χ4n) is 10.6. The molecule has 13 N–H and O–H groups in total. The van der Waals surface area contributed by atoms with Crippen LogP contribution in [-0.2, 0) is 0 Å². The molecule has 0 amide bonds. The largest absolute Gasteiger partial charge is 0.493 e. The lowest BCUT2D eigenvalue weighted by molar-refractivity contribution is -0.387. The highest BCUT2D eigenvalue weighted by atomic mass is 79.9. The van der Waals surface area contributed by atoms with Crippen molar-refractivity contribution in [2.24, 2.45) is 0 Å². The second kappa shape index (κ2) is 52.1. The number of nitriles is 1. The standard InChI is InChI=1S/C15H22N4O2.C14H21N3O4.C14H23N3O2.C10H11ClFNO4.C10H13ClN2O4.C4H9N.CBrN.CH4O/c1-20-13-9-11-12(18-15(16)17-11)10-14(13)21-8-4-7-19-5-2-3-6-19;1-20-13-9-11(15)12(17(18)19)10-14(13)21-8-4-7-16-5-2-3-6-16;1-18-13-9-11(15)12(16)10-14(13)19-8-4-7-17-5-2-3-6-17;2*1-16-9-5-7(12)8(13(14)15)6-10(9)17-4-2-3-11;1-2-4-5-3-1;2-1-3;1-2/h9-10H,2-8H2,1H3,(H3,16,17,18);9-10H,2-8,15H2,1H3;9-10H,2-8,15-16H2,1H3;5-6H,2-4H2,1H3;5-6H,2-4,12H2,1H3;5H,1-4H2;;2H,1H3. The number of fused-ring (bicyclic) bond motifs is 1. The predicted octanol–water partition coefficient (Wildman–Crippen LogP) is 11.6. The van der Waals surface area contributed by atoms with E-state index >= 15 is 0 Å². The fourth-order valence-corrected chi connectivity index (χ4v) is 10.8. The van der Waals surface area contributed by atoms with Crippen LogP contribution in [0.3, 0.4) is 0 Å². The number of alkyl halides is 2. The van der Waals surface area contributed by atoms with Gasteiger partial charge in [-0.05, 0) is 136 Å². The summed E-state index contributed by atoms with van der Waals surface area (Å²) >= 11 is 13.4. The Morgan fingerprint density at radius 2 is 0.781 bits per heavy atom. The number of methoxy groups -OCH3 is 5. The molecule has 0 unspecified atom stereocenters. The Kier molecular flexibility index (Phi) is 44.8. The van der Waals surface area contributed by atoms with E-state index in [0.717, 1.165) is 88.0 Å². The van der Waals surface area contributed by atoms with E-state index in [9.17, 15) is 34.7 Å². The molecule has 4 aliphatic heterocycles. The molecule has 32 nitrogen and oxygen atoms in total. The highest BCUT2D eigenvalue weighted by molar-refractivity contribution is 9.12. The molecule has 5 aromatic carbocycles. The first-order valence-electron chi connectivity index (χ1n) is 34.1. The van der Waals surface area contributed by atoms with Crippen LogP contribution >= 0.6 is 39.1 Å². The van der Waals surface area contributed by atoms with Crippen molar-refractivity contribution in [2.75, 3.05) is 188 Å². The maximum Gasteiger partial charge on any atom is 0.308 e. The lowest BCUT2D eigenvalue weighted by Gasteiger charge is -2.16. The summed E-state index contributed by atoms with van der Waals surface area (Å²) in [6, 6.07) is 14.5. The Morgan fingerprint density at radius 1 is 0.486 bits per heavy atom. The number of ether oxygens (including phenoxy) is 10. The number of aliphatic hydroxyl groups excluding tert-OH is 1. The van der Waals surface area contributed by atoms with Gasteiger partial charge in [0.15, 0.2) is 63.4 Å². The van der Waals surface area contributed by atoms with Crippen LogP contribution in [0.25, 0.3) is 11.0 Å². The number of aromatic nitrogens is 2. The van der Waals surface area contributed by atoms with Crippen LogP contribution in [0.15, 0.2) is 60.7 Å². The Bertz CT molecular complexity index is 3480. The molecule has 0 radical (unpaired) electrons. The van der Waals surface area contributed by atoms with E-state index in [4.69, 9.17) is 110 Å². The number of nitrogens with one attached hydrogen (secondary N) is 2. The van der Waals surface area contributed by atoms with Crippen molar-refractivity contribution in [3.8, 4) is 62.5 Å². The number of nitro benzene ring substituents is 3. The fraction of sp³-hybridized carbons (Fsp3) is 0.536. The van der Waals surface area contributed by atoms with Gasteiger partial charge in [-0.3, -0.25) is 30.3 Å². The number of benzene rings is 5. The van der Waals surface area contributed by atoms with Crippen LogP contribution in [0.4, 0.5) is 50.2 Å². The number of nitrogens with two attached hydrogens (primary N) is 5. The van der Waals surface area contributed by atoms with E-state index in [-0.39, 0.29) is 40.9 Å². The monoisotopic (exact) mass is 1580 g/mol. The second-order valence-electron chi connectivity index (χ2n) is 23.2. The molecule has 584 valence electrons. The van der Waals surface area contributed by atoms with Crippen LogP contribution in [0.2, 0.25) is 0 Å². The molecule has 6 aromatic rings. The number of nitrogen functional groups attached to an aromatic ring is 5. The molecule has 0 aliphatic carbocycles. The summed E-state index contributed by atoms with van der Waals surface area (Å²) < 4.78 is 66.7. The van der Waals surface area contributed by atoms with Crippen molar-refractivity contribution in [2.45, 2.75) is 83.5 Å². The van der Waals surface area contributed by atoms with E-state index in [1.807, 2.05) is 12.1 Å². The van der Waals surface area contributed by atoms with Gasteiger partial charge in [0.2, 0.25) is 5.82 Å². The minimum Gasteiger partial charge on any atom is -0.493 e. The molecular formula is C69H103BrCl2FN15O17. The summed E-state index contributed by atoms with van der Waals surface area (Å²) in [6.45, 7) is 15.3. The van der Waals surface area contributed by atoms with Crippen LogP contribution in [-0.4, -0.2) is 204 Å².